The van der Waals surface area contributed by atoms with Gasteiger partial charge in [0.25, 0.3) is 0 Å². The van der Waals surface area contributed by atoms with Crippen LogP contribution in [0.5, 0.6) is 0 Å². The molecular formula is C11H7Cl2NO2S. The summed E-state index contributed by atoms with van der Waals surface area (Å²) < 4.78 is 0. The van der Waals surface area contributed by atoms with Crippen LogP contribution in [0, 0.1) is 6.92 Å². The van der Waals surface area contributed by atoms with Crippen LogP contribution in [0.2, 0.25) is 10.0 Å². The summed E-state index contributed by atoms with van der Waals surface area (Å²) in [5.74, 6) is -1.03. The Morgan fingerprint density at radius 2 is 2.12 bits per heavy atom. The van der Waals surface area contributed by atoms with Crippen molar-refractivity contribution in [1.29, 1.82) is 0 Å². The summed E-state index contributed by atoms with van der Waals surface area (Å²) in [4.78, 5) is 15.7. The predicted octanol–water partition coefficient (Wildman–Crippen LogP) is 4.12. The highest BCUT2D eigenvalue weighted by molar-refractivity contribution is 7.13. The third-order valence-electron chi connectivity index (χ3n) is 2.17. The fourth-order valence-corrected chi connectivity index (χ4v) is 2.68. The molecule has 1 aromatic heterocycles. The van der Waals surface area contributed by atoms with Crippen LogP contribution in [-0.4, -0.2) is 16.1 Å². The summed E-state index contributed by atoms with van der Waals surface area (Å²) in [6, 6.07) is 5.04. The molecular weight excluding hydrogens is 281 g/mol. The standard InChI is InChI=1S/C11H7Cl2NO2S/c1-5-9(14-10(17-5)11(15)16)7-3-2-6(12)4-8(7)13/h2-4H,1H3,(H,15,16). The normalized spacial score (nSPS) is 10.5. The maximum atomic E-state index is 10.8. The van der Waals surface area contributed by atoms with E-state index in [2.05, 4.69) is 4.98 Å². The number of benzene rings is 1. The topological polar surface area (TPSA) is 50.2 Å². The number of aromatic nitrogens is 1. The van der Waals surface area contributed by atoms with Crippen LogP contribution in [-0.2, 0) is 0 Å². The van der Waals surface area contributed by atoms with Gasteiger partial charge in [-0.3, -0.25) is 0 Å². The van der Waals surface area contributed by atoms with E-state index in [4.69, 9.17) is 28.3 Å². The van der Waals surface area contributed by atoms with Crippen LogP contribution in [0.3, 0.4) is 0 Å². The average molecular weight is 288 g/mol. The van der Waals surface area contributed by atoms with Gasteiger partial charge in [-0.2, -0.15) is 0 Å². The third kappa shape index (κ3) is 2.44. The highest BCUT2D eigenvalue weighted by Crippen LogP contribution is 2.34. The molecule has 1 heterocycles. The van der Waals surface area contributed by atoms with Crippen molar-refractivity contribution >= 4 is 40.5 Å². The van der Waals surface area contributed by atoms with Crippen LogP contribution >= 0.6 is 34.5 Å². The highest BCUT2D eigenvalue weighted by atomic mass is 35.5. The largest absolute Gasteiger partial charge is 0.476 e. The zero-order valence-electron chi connectivity index (χ0n) is 8.70. The summed E-state index contributed by atoms with van der Waals surface area (Å²) in [6.07, 6.45) is 0. The summed E-state index contributed by atoms with van der Waals surface area (Å²) in [7, 11) is 0. The van der Waals surface area contributed by atoms with Crippen molar-refractivity contribution in [1.82, 2.24) is 4.98 Å². The van der Waals surface area contributed by atoms with Gasteiger partial charge in [0.15, 0.2) is 0 Å². The first kappa shape index (κ1) is 12.4. The van der Waals surface area contributed by atoms with E-state index in [0.29, 0.717) is 21.3 Å². The Morgan fingerprint density at radius 1 is 1.41 bits per heavy atom. The van der Waals surface area contributed by atoms with Crippen molar-refractivity contribution in [2.75, 3.05) is 0 Å². The zero-order chi connectivity index (χ0) is 12.6. The lowest BCUT2D eigenvalue weighted by molar-refractivity contribution is 0.0696. The molecule has 3 nitrogen and oxygen atoms in total. The van der Waals surface area contributed by atoms with Crippen molar-refractivity contribution in [3.05, 3.63) is 38.1 Å². The van der Waals surface area contributed by atoms with E-state index >= 15 is 0 Å². The molecule has 0 aliphatic carbocycles. The van der Waals surface area contributed by atoms with Gasteiger partial charge in [-0.25, -0.2) is 9.78 Å². The van der Waals surface area contributed by atoms with Gasteiger partial charge in [0.05, 0.1) is 10.7 Å². The number of aromatic carboxylic acids is 1. The summed E-state index contributed by atoms with van der Waals surface area (Å²) >= 11 is 13.0. The lowest BCUT2D eigenvalue weighted by Crippen LogP contribution is -1.94. The molecule has 2 rings (SSSR count). The van der Waals surface area contributed by atoms with Crippen LogP contribution in [0.15, 0.2) is 18.2 Å². The lowest BCUT2D eigenvalue weighted by Gasteiger charge is -2.02. The summed E-state index contributed by atoms with van der Waals surface area (Å²) in [5.41, 5.74) is 1.28. The van der Waals surface area contributed by atoms with E-state index in [0.717, 1.165) is 16.2 Å². The number of aryl methyl sites for hydroxylation is 1. The van der Waals surface area contributed by atoms with Crippen molar-refractivity contribution in [2.45, 2.75) is 6.92 Å². The highest BCUT2D eigenvalue weighted by Gasteiger charge is 2.16. The molecule has 0 fully saturated rings. The first-order valence-corrected chi connectivity index (χ1v) is 6.22. The molecule has 0 saturated heterocycles. The molecule has 0 radical (unpaired) electrons. The summed E-state index contributed by atoms with van der Waals surface area (Å²) in [5, 5.41) is 9.93. The lowest BCUT2D eigenvalue weighted by atomic mass is 10.1. The summed E-state index contributed by atoms with van der Waals surface area (Å²) in [6.45, 7) is 1.81. The smallest absolute Gasteiger partial charge is 0.365 e. The molecule has 0 atom stereocenters. The van der Waals surface area contributed by atoms with Gasteiger partial charge in [-0.1, -0.05) is 23.2 Å². The minimum Gasteiger partial charge on any atom is -0.476 e. The van der Waals surface area contributed by atoms with Crippen LogP contribution in [0.1, 0.15) is 14.7 Å². The molecule has 0 bridgehead atoms. The van der Waals surface area contributed by atoms with Crippen LogP contribution in [0.25, 0.3) is 11.3 Å². The van der Waals surface area contributed by atoms with Gasteiger partial charge in [-0.15, -0.1) is 11.3 Å². The first-order valence-electron chi connectivity index (χ1n) is 4.65. The number of hydrogen-bond donors (Lipinski definition) is 1. The first-order chi connectivity index (χ1) is 7.99. The SMILES string of the molecule is Cc1sc(C(=O)O)nc1-c1ccc(Cl)cc1Cl. The molecule has 17 heavy (non-hydrogen) atoms. The van der Waals surface area contributed by atoms with Crippen molar-refractivity contribution in [3.8, 4) is 11.3 Å². The number of carboxylic acid groups (broad SMARTS) is 1. The number of halogens is 2. The van der Waals surface area contributed by atoms with Crippen LogP contribution < -0.4 is 0 Å². The van der Waals surface area contributed by atoms with E-state index in [1.54, 1.807) is 18.2 Å². The third-order valence-corrected chi connectivity index (χ3v) is 3.67. The van der Waals surface area contributed by atoms with Gasteiger partial charge >= 0.3 is 5.97 Å². The molecule has 0 unspecified atom stereocenters. The second-order valence-corrected chi connectivity index (χ2v) is 5.40. The number of hydrogen-bond acceptors (Lipinski definition) is 3. The Morgan fingerprint density at radius 3 is 2.65 bits per heavy atom. The van der Waals surface area contributed by atoms with E-state index in [-0.39, 0.29) is 5.01 Å². The monoisotopic (exact) mass is 287 g/mol. The van der Waals surface area contributed by atoms with Gasteiger partial charge in [0.1, 0.15) is 0 Å². The van der Waals surface area contributed by atoms with Crippen LogP contribution in [0.4, 0.5) is 0 Å². The van der Waals surface area contributed by atoms with E-state index in [1.807, 2.05) is 6.92 Å². The second-order valence-electron chi connectivity index (χ2n) is 3.35. The maximum Gasteiger partial charge on any atom is 0.365 e. The molecule has 0 saturated carbocycles. The fraction of sp³-hybridized carbons (Fsp3) is 0.0909. The molecule has 2 aromatic rings. The Hall–Kier alpha value is -1.10. The van der Waals surface area contributed by atoms with Crippen molar-refractivity contribution in [2.24, 2.45) is 0 Å². The number of thiazole rings is 1. The molecule has 0 aliphatic rings. The maximum absolute atomic E-state index is 10.8. The van der Waals surface area contributed by atoms with Crippen molar-refractivity contribution in [3.63, 3.8) is 0 Å². The second kappa shape index (κ2) is 4.64. The molecule has 1 aromatic carbocycles. The molecule has 0 amide bonds. The molecule has 0 aliphatic heterocycles. The predicted molar refractivity (Wildman–Crippen MR) is 69.3 cm³/mol. The van der Waals surface area contributed by atoms with Gasteiger partial charge in [0, 0.05) is 15.5 Å². The fourth-order valence-electron chi connectivity index (χ4n) is 1.42. The molecule has 0 spiro atoms. The molecule has 1 N–H and O–H groups in total. The van der Waals surface area contributed by atoms with E-state index < -0.39 is 5.97 Å². The van der Waals surface area contributed by atoms with Crippen molar-refractivity contribution < 1.29 is 9.90 Å². The Balaban J connectivity index is 2.56. The minimum absolute atomic E-state index is 0.0588. The molecule has 6 heteroatoms. The Labute approximate surface area is 112 Å². The van der Waals surface area contributed by atoms with Gasteiger partial charge in [0.2, 0.25) is 5.01 Å². The number of carboxylic acids is 1. The minimum atomic E-state index is -1.03. The Bertz CT molecular complexity index is 595. The molecule has 88 valence electrons. The Kier molecular flexibility index (Phi) is 3.38. The number of rotatable bonds is 2. The van der Waals surface area contributed by atoms with E-state index in [9.17, 15) is 4.79 Å². The quantitative estimate of drug-likeness (QED) is 0.904. The van der Waals surface area contributed by atoms with Gasteiger partial charge < -0.3 is 5.11 Å². The number of nitrogens with zero attached hydrogens (tertiary/aromatic N) is 1. The average Bonchev–Trinajstić information content (AvgIpc) is 2.61. The van der Waals surface area contributed by atoms with E-state index in [1.165, 1.54) is 0 Å². The van der Waals surface area contributed by atoms with Gasteiger partial charge in [-0.05, 0) is 25.1 Å². The zero-order valence-corrected chi connectivity index (χ0v) is 11.0. The number of carbonyl (C=O) groups is 1.